The van der Waals surface area contributed by atoms with E-state index >= 15 is 0 Å². The summed E-state index contributed by atoms with van der Waals surface area (Å²) in [5.41, 5.74) is -0.0135. The molecule has 2 fully saturated rings. The number of aliphatic carboxylic acids is 1. The Kier molecular flexibility index (Phi) is 7.50. The van der Waals surface area contributed by atoms with Gasteiger partial charge in [0.2, 0.25) is 12.2 Å². The highest BCUT2D eigenvalue weighted by atomic mass is 32.1. The molecular formula is C30H35N3O8S. The molecule has 5 atom stereocenters. The summed E-state index contributed by atoms with van der Waals surface area (Å²) in [6, 6.07) is 7.58. The van der Waals surface area contributed by atoms with Gasteiger partial charge in [0.05, 0.1) is 36.4 Å². The molecule has 4 heterocycles. The van der Waals surface area contributed by atoms with Crippen molar-refractivity contribution in [2.45, 2.75) is 57.7 Å². The first-order valence-electron chi connectivity index (χ1n) is 14.0. The Morgan fingerprint density at radius 1 is 1.24 bits per heavy atom. The highest BCUT2D eigenvalue weighted by Crippen LogP contribution is 2.48. The fourth-order valence-corrected chi connectivity index (χ4v) is 7.65. The van der Waals surface area contributed by atoms with Crippen LogP contribution in [0.3, 0.4) is 0 Å². The normalized spacial score (nSPS) is 24.5. The van der Waals surface area contributed by atoms with Crippen LogP contribution in [0.2, 0.25) is 0 Å². The second-order valence-electron chi connectivity index (χ2n) is 11.6. The fraction of sp³-hybridized carbons (Fsp3) is 0.500. The monoisotopic (exact) mass is 597 g/mol. The van der Waals surface area contributed by atoms with E-state index in [4.69, 9.17) is 18.6 Å². The van der Waals surface area contributed by atoms with Gasteiger partial charge >= 0.3 is 5.97 Å². The highest BCUT2D eigenvalue weighted by molar-refractivity contribution is 7.20. The molecule has 0 bridgehead atoms. The SMILES string of the molecule is COc1ccccc1[C@@H](CN1c2sc(-c3ncco3)c(C)c2C(=O)N(C(C)(C)C(=O)O)C1O)OC1C[C@H]2COC[C@H]2C1. The molecular weight excluding hydrogens is 562 g/mol. The zero-order valence-electron chi connectivity index (χ0n) is 24.0. The molecule has 12 heteroatoms. The Morgan fingerprint density at radius 3 is 2.60 bits per heavy atom. The molecule has 0 radical (unpaired) electrons. The number of nitrogens with zero attached hydrogens (tertiary/aromatic N) is 3. The van der Waals surface area contributed by atoms with Crippen molar-refractivity contribution >= 4 is 28.2 Å². The van der Waals surface area contributed by atoms with Crippen molar-refractivity contribution in [1.29, 1.82) is 0 Å². The van der Waals surface area contributed by atoms with Crippen LogP contribution in [0.1, 0.15) is 54.3 Å². The minimum atomic E-state index is -1.71. The summed E-state index contributed by atoms with van der Waals surface area (Å²) < 4.78 is 23.7. The molecule has 2 unspecified atom stereocenters. The number of methoxy groups -OCH3 is 1. The predicted molar refractivity (Wildman–Crippen MR) is 153 cm³/mol. The van der Waals surface area contributed by atoms with Crippen molar-refractivity contribution in [3.8, 4) is 16.5 Å². The molecule has 1 aromatic carbocycles. The third kappa shape index (κ3) is 4.76. The molecule has 2 N–H and O–H groups in total. The van der Waals surface area contributed by atoms with E-state index in [2.05, 4.69) is 4.98 Å². The lowest BCUT2D eigenvalue weighted by atomic mass is 9.98. The van der Waals surface area contributed by atoms with Crippen LogP contribution in [-0.4, -0.2) is 76.8 Å². The number of thiophene rings is 1. The average molecular weight is 598 g/mol. The average Bonchev–Trinajstić information content (AvgIpc) is 3.75. The quantitative estimate of drug-likeness (QED) is 0.368. The highest BCUT2D eigenvalue weighted by Gasteiger charge is 2.50. The van der Waals surface area contributed by atoms with Gasteiger partial charge in [-0.25, -0.2) is 9.78 Å². The first-order valence-corrected chi connectivity index (χ1v) is 14.8. The number of ether oxygens (including phenoxy) is 3. The van der Waals surface area contributed by atoms with Gasteiger partial charge in [-0.15, -0.1) is 11.3 Å². The summed E-state index contributed by atoms with van der Waals surface area (Å²) in [6.45, 7) is 6.19. The first-order chi connectivity index (χ1) is 20.1. The summed E-state index contributed by atoms with van der Waals surface area (Å²) in [4.78, 5) is 33.9. The number of oxazole rings is 1. The van der Waals surface area contributed by atoms with Crippen LogP contribution >= 0.6 is 11.3 Å². The van der Waals surface area contributed by atoms with E-state index in [0.29, 0.717) is 44.5 Å². The summed E-state index contributed by atoms with van der Waals surface area (Å²) >= 11 is 1.27. The Balaban J connectivity index is 1.44. The topological polar surface area (TPSA) is 135 Å². The van der Waals surface area contributed by atoms with Gasteiger partial charge in [-0.3, -0.25) is 9.69 Å². The van der Waals surface area contributed by atoms with E-state index < -0.39 is 29.9 Å². The van der Waals surface area contributed by atoms with Crippen LogP contribution < -0.4 is 9.64 Å². The number of carbonyl (C=O) groups excluding carboxylic acids is 1. The lowest BCUT2D eigenvalue weighted by Gasteiger charge is -2.47. The number of amides is 1. The number of carbonyl (C=O) groups is 2. The summed E-state index contributed by atoms with van der Waals surface area (Å²) in [7, 11) is 1.60. The molecule has 3 aromatic rings. The number of benzene rings is 1. The summed E-state index contributed by atoms with van der Waals surface area (Å²) in [6.07, 6.45) is 2.54. The van der Waals surface area contributed by atoms with Crippen molar-refractivity contribution in [3.05, 3.63) is 53.4 Å². The maximum Gasteiger partial charge on any atom is 0.329 e. The van der Waals surface area contributed by atoms with Gasteiger partial charge in [-0.05, 0) is 57.1 Å². The van der Waals surface area contributed by atoms with Crippen LogP contribution in [0.15, 0.2) is 41.1 Å². The maximum atomic E-state index is 13.9. The zero-order valence-corrected chi connectivity index (χ0v) is 24.8. The minimum absolute atomic E-state index is 0.0265. The number of hydrogen-bond donors (Lipinski definition) is 2. The van der Waals surface area contributed by atoms with Gasteiger partial charge < -0.3 is 33.7 Å². The van der Waals surface area contributed by atoms with Crippen molar-refractivity contribution in [2.75, 3.05) is 31.8 Å². The summed E-state index contributed by atoms with van der Waals surface area (Å²) in [5, 5.41) is 22.4. The Labute approximate surface area is 247 Å². The number of hydrogen-bond acceptors (Lipinski definition) is 10. The Morgan fingerprint density at radius 2 is 1.95 bits per heavy atom. The van der Waals surface area contributed by atoms with Crippen LogP contribution in [0.5, 0.6) is 5.75 Å². The van der Waals surface area contributed by atoms with Crippen molar-refractivity contribution in [3.63, 3.8) is 0 Å². The van der Waals surface area contributed by atoms with E-state index in [1.807, 2.05) is 24.3 Å². The van der Waals surface area contributed by atoms with Crippen LogP contribution in [0, 0.1) is 18.8 Å². The number of rotatable bonds is 9. The molecule has 6 rings (SSSR count). The predicted octanol–water partition coefficient (Wildman–Crippen LogP) is 4.30. The second kappa shape index (κ2) is 11.0. The van der Waals surface area contributed by atoms with Crippen molar-refractivity contribution < 1.29 is 38.4 Å². The molecule has 2 aliphatic heterocycles. The van der Waals surface area contributed by atoms with E-state index in [1.165, 1.54) is 37.6 Å². The van der Waals surface area contributed by atoms with Crippen LogP contribution in [0.25, 0.3) is 10.8 Å². The third-order valence-electron chi connectivity index (χ3n) is 8.75. The third-order valence-corrected chi connectivity index (χ3v) is 10.1. The fourth-order valence-electron chi connectivity index (χ4n) is 6.39. The molecule has 1 saturated heterocycles. The smallest absolute Gasteiger partial charge is 0.329 e. The number of carboxylic acid groups (broad SMARTS) is 1. The summed E-state index contributed by atoms with van der Waals surface area (Å²) in [5.74, 6) is 0.0665. The molecule has 11 nitrogen and oxygen atoms in total. The zero-order chi connectivity index (χ0) is 29.8. The lowest BCUT2D eigenvalue weighted by Crippen LogP contribution is -2.65. The Hall–Kier alpha value is -3.45. The van der Waals surface area contributed by atoms with Gasteiger partial charge in [0.15, 0.2) is 0 Å². The minimum Gasteiger partial charge on any atom is -0.496 e. The lowest BCUT2D eigenvalue weighted by molar-refractivity contribution is -0.154. The number of aromatic nitrogens is 1. The molecule has 1 aliphatic carbocycles. The second-order valence-corrected chi connectivity index (χ2v) is 12.6. The number of fused-ring (bicyclic) bond motifs is 2. The molecule has 224 valence electrons. The number of carboxylic acids is 1. The van der Waals surface area contributed by atoms with Gasteiger partial charge in [-0.1, -0.05) is 18.2 Å². The van der Waals surface area contributed by atoms with Gasteiger partial charge in [0.1, 0.15) is 28.7 Å². The Bertz CT molecular complexity index is 1460. The number of aliphatic hydroxyl groups excluding tert-OH is 1. The van der Waals surface area contributed by atoms with Crippen LogP contribution in [0.4, 0.5) is 5.00 Å². The van der Waals surface area contributed by atoms with E-state index in [9.17, 15) is 19.8 Å². The molecule has 1 amide bonds. The molecule has 42 heavy (non-hydrogen) atoms. The largest absolute Gasteiger partial charge is 0.496 e. The van der Waals surface area contributed by atoms with E-state index in [-0.39, 0.29) is 12.6 Å². The first kappa shape index (κ1) is 28.7. The number of anilines is 1. The van der Waals surface area contributed by atoms with Crippen LogP contribution in [-0.2, 0) is 14.3 Å². The molecule has 1 saturated carbocycles. The maximum absolute atomic E-state index is 13.9. The number of aliphatic hydroxyl groups is 1. The number of para-hydroxylation sites is 1. The molecule has 3 aliphatic rings. The van der Waals surface area contributed by atoms with Gasteiger partial charge in [-0.2, -0.15) is 0 Å². The van der Waals surface area contributed by atoms with Gasteiger partial charge in [0, 0.05) is 18.8 Å². The van der Waals surface area contributed by atoms with Crippen molar-refractivity contribution in [1.82, 2.24) is 9.88 Å². The van der Waals surface area contributed by atoms with E-state index in [0.717, 1.165) is 36.5 Å². The molecule has 0 spiro atoms. The van der Waals surface area contributed by atoms with Gasteiger partial charge in [0.25, 0.3) is 5.91 Å². The standard InChI is InChI=1S/C30H35N3O8S/c1-16-23-26(34)33(30(2,3)28(35)36)29(37)32(27(23)42-24(16)25-31-9-10-40-25)13-22(20-7-5-6-8-21(20)38-4)41-19-11-17-14-39-15-18(17)12-19/h5-10,17-19,22,29,37H,11-15H2,1-4H3,(H,35,36)/t17-,18+,19?,22-,29?/m1/s1. The van der Waals surface area contributed by atoms with Crippen molar-refractivity contribution in [2.24, 2.45) is 11.8 Å². The molecule has 2 aromatic heterocycles. The van der Waals surface area contributed by atoms with E-state index in [1.54, 1.807) is 18.9 Å².